The van der Waals surface area contributed by atoms with Gasteiger partial charge in [-0.1, -0.05) is 34.1 Å². The Balaban J connectivity index is 3.04. The Morgan fingerprint density at radius 2 is 1.86 bits per heavy atom. The molecule has 1 rings (SSSR count). The summed E-state index contributed by atoms with van der Waals surface area (Å²) in [4.78, 5) is 27.1. The van der Waals surface area contributed by atoms with Crippen molar-refractivity contribution < 1.29 is 14.3 Å². The minimum Gasteiger partial charge on any atom is -0.383 e. The van der Waals surface area contributed by atoms with Crippen LogP contribution in [0.5, 0.6) is 0 Å². The predicted octanol–water partition coefficient (Wildman–Crippen LogP) is 1.81. The number of nitrogens with zero attached hydrogens (tertiary/aromatic N) is 1. The minimum atomic E-state index is -0.405. The zero-order chi connectivity index (χ0) is 16.2. The van der Waals surface area contributed by atoms with E-state index in [1.165, 1.54) is 0 Å². The number of methoxy groups -OCH3 is 1. The Morgan fingerprint density at radius 1 is 1.24 bits per heavy atom. The van der Waals surface area contributed by atoms with Crippen LogP contribution in [0.3, 0.4) is 0 Å². The topological polar surface area (TPSA) is 58.6 Å². The number of nitrogens with one attached hydrogen (secondary N) is 1. The number of ether oxygens (including phenoxy) is 1. The lowest BCUT2D eigenvalue weighted by atomic mass is 9.90. The molecule has 5 nitrogen and oxygen atoms in total. The lowest BCUT2D eigenvalue weighted by molar-refractivity contribution is -0.155. The van der Waals surface area contributed by atoms with Crippen molar-refractivity contribution in [3.05, 3.63) is 0 Å². The van der Waals surface area contributed by atoms with Gasteiger partial charge in [0.1, 0.15) is 12.1 Å². The molecule has 0 aromatic rings. The lowest BCUT2D eigenvalue weighted by Gasteiger charge is -2.44. The molecule has 1 aliphatic rings. The molecule has 21 heavy (non-hydrogen) atoms. The van der Waals surface area contributed by atoms with E-state index in [1.807, 2.05) is 20.8 Å². The molecule has 1 fully saturated rings. The van der Waals surface area contributed by atoms with E-state index in [0.717, 1.165) is 6.42 Å². The smallest absolute Gasteiger partial charge is 0.246 e. The van der Waals surface area contributed by atoms with Gasteiger partial charge in [-0.2, -0.15) is 0 Å². The van der Waals surface area contributed by atoms with Crippen LogP contribution in [0.1, 0.15) is 47.5 Å². The average Bonchev–Trinajstić information content (AvgIpc) is 2.40. The molecule has 0 radical (unpaired) electrons. The van der Waals surface area contributed by atoms with E-state index in [1.54, 1.807) is 12.0 Å². The summed E-state index contributed by atoms with van der Waals surface area (Å²) < 4.78 is 5.19. The second-order valence-corrected chi connectivity index (χ2v) is 6.57. The van der Waals surface area contributed by atoms with Gasteiger partial charge in [0.25, 0.3) is 0 Å². The molecule has 0 aromatic carbocycles. The van der Waals surface area contributed by atoms with Gasteiger partial charge in [-0.15, -0.1) is 0 Å². The largest absolute Gasteiger partial charge is 0.383 e. The molecule has 2 amide bonds. The first-order valence-electron chi connectivity index (χ1n) is 7.94. The van der Waals surface area contributed by atoms with Crippen LogP contribution >= 0.6 is 0 Å². The predicted molar refractivity (Wildman–Crippen MR) is 82.8 cm³/mol. The summed E-state index contributed by atoms with van der Waals surface area (Å²) >= 11 is 0. The summed E-state index contributed by atoms with van der Waals surface area (Å²) in [6.07, 6.45) is 1.53. The fourth-order valence-electron chi connectivity index (χ4n) is 2.96. The van der Waals surface area contributed by atoms with Crippen LogP contribution in [0.4, 0.5) is 0 Å². The number of piperazine rings is 1. The molecule has 1 heterocycles. The van der Waals surface area contributed by atoms with Gasteiger partial charge in [0.15, 0.2) is 0 Å². The van der Waals surface area contributed by atoms with Gasteiger partial charge < -0.3 is 15.0 Å². The highest BCUT2D eigenvalue weighted by Crippen LogP contribution is 2.24. The highest BCUT2D eigenvalue weighted by Gasteiger charge is 2.44. The maximum absolute atomic E-state index is 12.8. The fourth-order valence-corrected chi connectivity index (χ4v) is 2.96. The summed E-state index contributed by atoms with van der Waals surface area (Å²) in [6, 6.07) is -0.893. The maximum atomic E-state index is 12.8. The zero-order valence-corrected chi connectivity index (χ0v) is 14.2. The lowest BCUT2D eigenvalue weighted by Crippen LogP contribution is -2.67. The Hall–Kier alpha value is -1.10. The summed E-state index contributed by atoms with van der Waals surface area (Å²) in [5.41, 5.74) is 0. The SMILES string of the molecule is CCC(C)C1C(=O)NC(CC(C)C)C(=O)N1C(C)COC. The van der Waals surface area contributed by atoms with Crippen molar-refractivity contribution >= 4 is 11.8 Å². The highest BCUT2D eigenvalue weighted by molar-refractivity contribution is 5.97. The second kappa shape index (κ2) is 7.78. The first kappa shape index (κ1) is 18.0. The van der Waals surface area contributed by atoms with E-state index < -0.39 is 12.1 Å². The molecule has 122 valence electrons. The number of carbonyl (C=O) groups excluding carboxylic acids is 2. The van der Waals surface area contributed by atoms with Crippen molar-refractivity contribution in [1.29, 1.82) is 0 Å². The first-order valence-corrected chi connectivity index (χ1v) is 7.94. The molecule has 0 bridgehead atoms. The normalized spacial score (nSPS) is 26.0. The number of hydrogen-bond acceptors (Lipinski definition) is 3. The van der Waals surface area contributed by atoms with Gasteiger partial charge in [0.2, 0.25) is 11.8 Å². The number of rotatable bonds is 7. The molecule has 1 aliphatic heterocycles. The number of hydrogen-bond donors (Lipinski definition) is 1. The van der Waals surface area contributed by atoms with Crippen LogP contribution in [0, 0.1) is 11.8 Å². The quantitative estimate of drug-likeness (QED) is 0.780. The Morgan fingerprint density at radius 3 is 2.33 bits per heavy atom. The van der Waals surface area contributed by atoms with Crippen LogP contribution in [0.2, 0.25) is 0 Å². The molecule has 0 aliphatic carbocycles. The van der Waals surface area contributed by atoms with E-state index >= 15 is 0 Å². The molecule has 4 unspecified atom stereocenters. The van der Waals surface area contributed by atoms with Crippen LogP contribution in [0.15, 0.2) is 0 Å². The monoisotopic (exact) mass is 298 g/mol. The summed E-state index contributed by atoms with van der Waals surface area (Å²) in [5.74, 6) is 0.489. The molecule has 0 aromatic heterocycles. The van der Waals surface area contributed by atoms with Crippen LogP contribution < -0.4 is 5.32 Å². The van der Waals surface area contributed by atoms with E-state index in [2.05, 4.69) is 19.2 Å². The molecule has 4 atom stereocenters. The maximum Gasteiger partial charge on any atom is 0.246 e. The third kappa shape index (κ3) is 4.19. The molecule has 1 saturated heterocycles. The summed E-state index contributed by atoms with van der Waals surface area (Å²) in [6.45, 7) is 10.6. The number of carbonyl (C=O) groups is 2. The van der Waals surface area contributed by atoms with E-state index in [-0.39, 0.29) is 23.8 Å². The molecule has 1 N–H and O–H groups in total. The van der Waals surface area contributed by atoms with Crippen molar-refractivity contribution in [3.8, 4) is 0 Å². The third-order valence-electron chi connectivity index (χ3n) is 4.21. The van der Waals surface area contributed by atoms with E-state index in [4.69, 9.17) is 4.74 Å². The third-order valence-corrected chi connectivity index (χ3v) is 4.21. The second-order valence-electron chi connectivity index (χ2n) is 6.57. The molecule has 0 spiro atoms. The average molecular weight is 298 g/mol. The van der Waals surface area contributed by atoms with Crippen molar-refractivity contribution in [2.45, 2.75) is 65.6 Å². The van der Waals surface area contributed by atoms with Crippen LogP contribution in [-0.2, 0) is 14.3 Å². The zero-order valence-electron chi connectivity index (χ0n) is 14.2. The first-order chi connectivity index (χ1) is 9.83. The molecular formula is C16H30N2O3. The van der Waals surface area contributed by atoms with Crippen molar-refractivity contribution in [1.82, 2.24) is 10.2 Å². The van der Waals surface area contributed by atoms with Gasteiger partial charge in [-0.05, 0) is 25.2 Å². The van der Waals surface area contributed by atoms with Crippen molar-refractivity contribution in [3.63, 3.8) is 0 Å². The van der Waals surface area contributed by atoms with Gasteiger partial charge in [-0.3, -0.25) is 9.59 Å². The van der Waals surface area contributed by atoms with Gasteiger partial charge >= 0.3 is 0 Å². The molecule has 5 heteroatoms. The van der Waals surface area contributed by atoms with Crippen molar-refractivity contribution in [2.75, 3.05) is 13.7 Å². The van der Waals surface area contributed by atoms with Crippen molar-refractivity contribution in [2.24, 2.45) is 11.8 Å². The molecule has 0 saturated carbocycles. The number of amides is 2. The van der Waals surface area contributed by atoms with Gasteiger partial charge in [0.05, 0.1) is 12.6 Å². The van der Waals surface area contributed by atoms with E-state index in [9.17, 15) is 9.59 Å². The Bertz CT molecular complexity index is 371. The fraction of sp³-hybridized carbons (Fsp3) is 0.875. The van der Waals surface area contributed by atoms with Gasteiger partial charge in [-0.25, -0.2) is 0 Å². The molecular weight excluding hydrogens is 268 g/mol. The van der Waals surface area contributed by atoms with Crippen LogP contribution in [-0.4, -0.2) is 48.6 Å². The summed E-state index contributed by atoms with van der Waals surface area (Å²) in [5, 5.41) is 2.92. The van der Waals surface area contributed by atoms with E-state index in [0.29, 0.717) is 18.9 Å². The Kier molecular flexibility index (Phi) is 6.65. The van der Waals surface area contributed by atoms with Gasteiger partial charge in [0, 0.05) is 7.11 Å². The Labute approximate surface area is 128 Å². The van der Waals surface area contributed by atoms with Crippen LogP contribution in [0.25, 0.3) is 0 Å². The highest BCUT2D eigenvalue weighted by atomic mass is 16.5. The summed E-state index contributed by atoms with van der Waals surface area (Å²) in [7, 11) is 1.62. The standard InChI is InChI=1S/C16H30N2O3/c1-7-11(4)14-15(19)17-13(8-10(2)3)16(20)18(14)12(5)9-21-6/h10-14H,7-9H2,1-6H3,(H,17,19). The minimum absolute atomic E-state index is 0.0261.